The molecule has 2 aliphatic rings. The van der Waals surface area contributed by atoms with Crippen LogP contribution in [0.5, 0.6) is 11.5 Å². The summed E-state index contributed by atoms with van der Waals surface area (Å²) in [6, 6.07) is 12.3. The van der Waals surface area contributed by atoms with E-state index in [0.29, 0.717) is 24.5 Å². The fraction of sp³-hybridized carbons (Fsp3) is 0.500. The number of hydrogen-bond acceptors (Lipinski definition) is 6. The van der Waals surface area contributed by atoms with Gasteiger partial charge in [-0.2, -0.15) is 0 Å². The zero-order valence-corrected chi connectivity index (χ0v) is 23.7. The Kier molecular flexibility index (Phi) is 9.68. The molecule has 1 amide bonds. The van der Waals surface area contributed by atoms with Crippen LogP contribution >= 0.6 is 0 Å². The first kappa shape index (κ1) is 28.7. The molecule has 0 unspecified atom stereocenters. The Morgan fingerprint density at radius 3 is 2.62 bits per heavy atom. The Labute approximate surface area is 232 Å². The fourth-order valence-corrected chi connectivity index (χ4v) is 5.50. The molecule has 2 aliphatic heterocycles. The molecule has 2 heterocycles. The molecule has 39 heavy (non-hydrogen) atoms. The van der Waals surface area contributed by atoms with E-state index in [1.54, 1.807) is 11.0 Å². The quantitative estimate of drug-likeness (QED) is 0.153. The van der Waals surface area contributed by atoms with Crippen LogP contribution in [0.25, 0.3) is 5.76 Å². The summed E-state index contributed by atoms with van der Waals surface area (Å²) < 4.78 is 11.8. The van der Waals surface area contributed by atoms with Crippen LogP contribution in [0.1, 0.15) is 76.1 Å². The number of benzene rings is 2. The summed E-state index contributed by atoms with van der Waals surface area (Å²) in [5, 5.41) is 11.5. The predicted octanol–water partition coefficient (Wildman–Crippen LogP) is 5.73. The van der Waals surface area contributed by atoms with Crippen molar-refractivity contribution in [3.05, 3.63) is 64.7 Å². The normalized spacial score (nSPS) is 20.0. The molecular formula is C32H42N2O5. The van der Waals surface area contributed by atoms with Crippen LogP contribution in [0.3, 0.4) is 0 Å². The lowest BCUT2D eigenvalue weighted by atomic mass is 9.94. The van der Waals surface area contributed by atoms with Crippen molar-refractivity contribution in [1.82, 2.24) is 9.80 Å². The number of carbonyl (C=O) groups excluding carboxylic acids is 2. The third-order valence-corrected chi connectivity index (χ3v) is 7.67. The summed E-state index contributed by atoms with van der Waals surface area (Å²) in [6.07, 6.45) is 4.69. The maximum absolute atomic E-state index is 13.5. The number of unbranched alkanes of at least 4 members (excludes halogenated alkanes) is 2. The van der Waals surface area contributed by atoms with Crippen molar-refractivity contribution < 1.29 is 24.2 Å². The van der Waals surface area contributed by atoms with E-state index in [4.69, 9.17) is 9.47 Å². The van der Waals surface area contributed by atoms with Crippen LogP contribution < -0.4 is 9.47 Å². The topological polar surface area (TPSA) is 79.3 Å². The lowest BCUT2D eigenvalue weighted by molar-refractivity contribution is -0.140. The second-order valence-corrected chi connectivity index (χ2v) is 10.5. The van der Waals surface area contributed by atoms with Gasteiger partial charge in [-0.3, -0.25) is 9.59 Å². The van der Waals surface area contributed by atoms with Gasteiger partial charge in [0.1, 0.15) is 23.4 Å². The highest BCUT2D eigenvalue weighted by Gasteiger charge is 2.46. The van der Waals surface area contributed by atoms with Crippen LogP contribution in [0.15, 0.2) is 48.0 Å². The average molecular weight is 535 g/mol. The minimum absolute atomic E-state index is 0.0637. The first-order chi connectivity index (χ1) is 18.9. The Morgan fingerprint density at radius 1 is 1.08 bits per heavy atom. The van der Waals surface area contributed by atoms with Crippen LogP contribution in [0.4, 0.5) is 0 Å². The van der Waals surface area contributed by atoms with Gasteiger partial charge in [0, 0.05) is 18.5 Å². The number of nitrogens with zero attached hydrogens (tertiary/aromatic N) is 2. The highest BCUT2D eigenvalue weighted by Crippen LogP contribution is 2.41. The van der Waals surface area contributed by atoms with Gasteiger partial charge >= 0.3 is 0 Å². The van der Waals surface area contributed by atoms with Gasteiger partial charge in [-0.15, -0.1) is 0 Å². The van der Waals surface area contributed by atoms with Gasteiger partial charge in [0.25, 0.3) is 11.7 Å². The minimum atomic E-state index is -0.690. The van der Waals surface area contributed by atoms with Gasteiger partial charge in [-0.25, -0.2) is 0 Å². The van der Waals surface area contributed by atoms with Gasteiger partial charge in [-0.05, 0) is 80.9 Å². The number of ketones is 1. The van der Waals surface area contributed by atoms with E-state index >= 15 is 0 Å². The van der Waals surface area contributed by atoms with Crippen molar-refractivity contribution in [2.24, 2.45) is 0 Å². The number of Topliss-reactive ketones (excluding diaryl/α,β-unsaturated/α-hetero) is 1. The smallest absolute Gasteiger partial charge is 0.295 e. The van der Waals surface area contributed by atoms with E-state index in [1.165, 1.54) is 0 Å². The molecule has 1 fully saturated rings. The van der Waals surface area contributed by atoms with Crippen LogP contribution in [-0.2, 0) is 16.0 Å². The number of hydrogen-bond donors (Lipinski definition) is 1. The standard InChI is InChI=1S/C32H42N2O5/c1-5-8-9-18-38-26-13-10-12-23(21-26)29-28(30(35)24-14-15-27-25(20-24)19-22(4)39-27)31(36)32(37)34(29)17-11-16-33(6-2)7-3/h10,12-15,20-22,29,35H,5-9,11,16-19H2,1-4H3/b30-28+/t22-,29-/m0/s1. The Hall–Kier alpha value is -3.32. The maximum Gasteiger partial charge on any atom is 0.295 e. The molecule has 0 saturated carbocycles. The van der Waals surface area contributed by atoms with Crippen molar-refractivity contribution in [3.8, 4) is 11.5 Å². The van der Waals surface area contributed by atoms with Crippen molar-refractivity contribution in [3.63, 3.8) is 0 Å². The van der Waals surface area contributed by atoms with E-state index in [2.05, 4.69) is 25.7 Å². The molecule has 2 atom stereocenters. The SMILES string of the molecule is CCCCCOc1cccc([C@H]2/C(=C(\O)c3ccc4c(c3)C[C@H](C)O4)C(=O)C(=O)N2CCCN(CC)CC)c1. The number of aliphatic hydroxyl groups is 1. The second kappa shape index (κ2) is 13.2. The van der Waals surface area contributed by atoms with E-state index in [-0.39, 0.29) is 17.4 Å². The van der Waals surface area contributed by atoms with Gasteiger partial charge < -0.3 is 24.4 Å². The summed E-state index contributed by atoms with van der Waals surface area (Å²) in [7, 11) is 0. The van der Waals surface area contributed by atoms with Gasteiger partial charge in [0.05, 0.1) is 18.2 Å². The average Bonchev–Trinajstić information content (AvgIpc) is 3.44. The van der Waals surface area contributed by atoms with Crippen LogP contribution in [0, 0.1) is 0 Å². The molecule has 0 spiro atoms. The number of amides is 1. The maximum atomic E-state index is 13.5. The fourth-order valence-electron chi connectivity index (χ4n) is 5.50. The molecule has 0 aliphatic carbocycles. The number of ether oxygens (including phenoxy) is 2. The number of carbonyl (C=O) groups is 2. The van der Waals surface area contributed by atoms with Crippen LogP contribution in [0.2, 0.25) is 0 Å². The first-order valence-corrected chi connectivity index (χ1v) is 14.4. The number of fused-ring (bicyclic) bond motifs is 1. The van der Waals surface area contributed by atoms with Crippen LogP contribution in [-0.4, -0.2) is 65.5 Å². The van der Waals surface area contributed by atoms with E-state index in [1.807, 2.05) is 43.3 Å². The predicted molar refractivity (Wildman–Crippen MR) is 153 cm³/mol. The Balaban J connectivity index is 1.70. The third-order valence-electron chi connectivity index (χ3n) is 7.67. The van der Waals surface area contributed by atoms with Crippen molar-refractivity contribution in [2.75, 3.05) is 32.8 Å². The molecule has 210 valence electrons. The highest BCUT2D eigenvalue weighted by atomic mass is 16.5. The van der Waals surface area contributed by atoms with Gasteiger partial charge in [-0.1, -0.05) is 45.7 Å². The van der Waals surface area contributed by atoms with E-state index < -0.39 is 17.7 Å². The number of likely N-dealkylation sites (tertiary alicyclic amines) is 1. The van der Waals surface area contributed by atoms with Gasteiger partial charge in [0.15, 0.2) is 0 Å². The molecule has 0 aromatic heterocycles. The molecule has 1 saturated heterocycles. The number of rotatable bonds is 13. The van der Waals surface area contributed by atoms with E-state index in [0.717, 1.165) is 68.6 Å². The lowest BCUT2D eigenvalue weighted by Gasteiger charge is -2.27. The molecular weight excluding hydrogens is 492 g/mol. The van der Waals surface area contributed by atoms with Gasteiger partial charge in [0.2, 0.25) is 0 Å². The van der Waals surface area contributed by atoms with Crippen molar-refractivity contribution in [2.45, 2.75) is 71.9 Å². The molecule has 2 aromatic carbocycles. The molecule has 2 aromatic rings. The zero-order chi connectivity index (χ0) is 27.9. The molecule has 7 heteroatoms. The largest absolute Gasteiger partial charge is 0.507 e. The lowest BCUT2D eigenvalue weighted by Crippen LogP contribution is -2.33. The molecule has 4 rings (SSSR count). The summed E-state index contributed by atoms with van der Waals surface area (Å²) in [5.74, 6) is 0.107. The zero-order valence-electron chi connectivity index (χ0n) is 23.7. The minimum Gasteiger partial charge on any atom is -0.507 e. The van der Waals surface area contributed by atoms with E-state index in [9.17, 15) is 14.7 Å². The Bertz CT molecular complexity index is 1200. The second-order valence-electron chi connectivity index (χ2n) is 10.5. The molecule has 0 bridgehead atoms. The summed E-state index contributed by atoms with van der Waals surface area (Å²) >= 11 is 0. The Morgan fingerprint density at radius 2 is 1.87 bits per heavy atom. The molecule has 1 N–H and O–H groups in total. The molecule has 0 radical (unpaired) electrons. The number of aliphatic hydroxyl groups excluding tert-OH is 1. The van der Waals surface area contributed by atoms with Crippen molar-refractivity contribution >= 4 is 17.4 Å². The third kappa shape index (κ3) is 6.47. The highest BCUT2D eigenvalue weighted by molar-refractivity contribution is 6.46. The monoisotopic (exact) mass is 534 g/mol. The molecule has 7 nitrogen and oxygen atoms in total. The first-order valence-electron chi connectivity index (χ1n) is 14.4. The summed E-state index contributed by atoms with van der Waals surface area (Å²) in [5.41, 5.74) is 2.38. The summed E-state index contributed by atoms with van der Waals surface area (Å²) in [4.78, 5) is 30.8. The summed E-state index contributed by atoms with van der Waals surface area (Å²) in [6.45, 7) is 12.1. The van der Waals surface area contributed by atoms with Crippen molar-refractivity contribution in [1.29, 1.82) is 0 Å².